The van der Waals surface area contributed by atoms with Gasteiger partial charge >= 0.3 is 5.97 Å². The minimum Gasteiger partial charge on any atom is -0.423 e. The number of nitriles is 1. The molecule has 0 bridgehead atoms. The van der Waals surface area contributed by atoms with E-state index in [0.29, 0.717) is 11.1 Å². The molecule has 0 aromatic heterocycles. The molecule has 32 heavy (non-hydrogen) atoms. The van der Waals surface area contributed by atoms with Gasteiger partial charge in [0.25, 0.3) is 11.6 Å². The van der Waals surface area contributed by atoms with E-state index in [-0.39, 0.29) is 11.3 Å². The van der Waals surface area contributed by atoms with E-state index in [1.165, 1.54) is 30.3 Å². The predicted octanol–water partition coefficient (Wildman–Crippen LogP) is 4.50. The maximum Gasteiger partial charge on any atom is 0.343 e. The first-order valence-corrected chi connectivity index (χ1v) is 9.12. The molecule has 3 aromatic rings. The van der Waals surface area contributed by atoms with Gasteiger partial charge in [0.1, 0.15) is 23.2 Å². The lowest BCUT2D eigenvalue weighted by atomic mass is 10.1. The average Bonchev–Trinajstić information content (AvgIpc) is 2.80. The van der Waals surface area contributed by atoms with Crippen LogP contribution in [0.25, 0.3) is 6.08 Å². The number of amides is 1. The fraction of sp³-hybridized carbons (Fsp3) is 0. The van der Waals surface area contributed by atoms with Crippen molar-refractivity contribution in [1.82, 2.24) is 0 Å². The fourth-order valence-corrected chi connectivity index (χ4v) is 2.60. The van der Waals surface area contributed by atoms with Gasteiger partial charge in [0.05, 0.1) is 16.2 Å². The highest BCUT2D eigenvalue weighted by Crippen LogP contribution is 2.22. The second-order valence-corrected chi connectivity index (χ2v) is 6.37. The fourth-order valence-electron chi connectivity index (χ4n) is 2.60. The Morgan fingerprint density at radius 2 is 1.75 bits per heavy atom. The first kappa shape index (κ1) is 21.9. The van der Waals surface area contributed by atoms with Crippen molar-refractivity contribution >= 4 is 29.3 Å². The number of ether oxygens (including phenoxy) is 1. The number of rotatable bonds is 6. The van der Waals surface area contributed by atoms with Crippen LogP contribution in [0.4, 0.5) is 15.8 Å². The zero-order valence-corrected chi connectivity index (χ0v) is 16.3. The number of anilines is 1. The Morgan fingerprint density at radius 3 is 2.38 bits per heavy atom. The molecule has 3 rings (SSSR count). The number of hydrogen-bond donors (Lipinski definition) is 1. The largest absolute Gasteiger partial charge is 0.423 e. The molecule has 0 fully saturated rings. The maximum atomic E-state index is 13.9. The summed E-state index contributed by atoms with van der Waals surface area (Å²) in [5.41, 5.74) is -0.368. The number of esters is 1. The van der Waals surface area contributed by atoms with E-state index in [2.05, 4.69) is 5.32 Å². The summed E-state index contributed by atoms with van der Waals surface area (Å²) in [7, 11) is 0. The molecule has 0 spiro atoms. The molecular formula is C23H14FN3O5. The summed E-state index contributed by atoms with van der Waals surface area (Å²) >= 11 is 0. The molecule has 0 saturated carbocycles. The lowest BCUT2D eigenvalue weighted by molar-refractivity contribution is -0.384. The quantitative estimate of drug-likeness (QED) is 0.153. The highest BCUT2D eigenvalue weighted by Gasteiger charge is 2.16. The van der Waals surface area contributed by atoms with Crippen LogP contribution in [-0.4, -0.2) is 16.8 Å². The summed E-state index contributed by atoms with van der Waals surface area (Å²) in [6.45, 7) is 0. The molecule has 3 aromatic carbocycles. The van der Waals surface area contributed by atoms with Gasteiger partial charge in [-0.2, -0.15) is 5.26 Å². The van der Waals surface area contributed by atoms with Crippen LogP contribution in [0.2, 0.25) is 0 Å². The molecule has 8 nitrogen and oxygen atoms in total. The number of nitrogens with one attached hydrogen (secondary N) is 1. The zero-order chi connectivity index (χ0) is 23.1. The van der Waals surface area contributed by atoms with Crippen molar-refractivity contribution in [2.45, 2.75) is 0 Å². The molecule has 1 amide bonds. The van der Waals surface area contributed by atoms with E-state index < -0.39 is 34.0 Å². The van der Waals surface area contributed by atoms with Gasteiger partial charge in [-0.05, 0) is 42.0 Å². The Morgan fingerprint density at radius 1 is 1.06 bits per heavy atom. The highest BCUT2D eigenvalue weighted by molar-refractivity contribution is 6.09. The van der Waals surface area contributed by atoms with Gasteiger partial charge in [0.15, 0.2) is 0 Å². The van der Waals surface area contributed by atoms with Crippen LogP contribution >= 0.6 is 0 Å². The molecule has 0 heterocycles. The van der Waals surface area contributed by atoms with Gasteiger partial charge in [-0.3, -0.25) is 14.9 Å². The van der Waals surface area contributed by atoms with Gasteiger partial charge in [-0.1, -0.05) is 30.3 Å². The van der Waals surface area contributed by atoms with Crippen molar-refractivity contribution in [2.75, 3.05) is 5.32 Å². The van der Waals surface area contributed by atoms with Crippen LogP contribution in [0.1, 0.15) is 15.9 Å². The number of carbonyl (C=O) groups excluding carboxylic acids is 2. The smallest absolute Gasteiger partial charge is 0.343 e. The molecule has 1 N–H and O–H groups in total. The monoisotopic (exact) mass is 431 g/mol. The predicted molar refractivity (Wildman–Crippen MR) is 113 cm³/mol. The highest BCUT2D eigenvalue weighted by atomic mass is 19.1. The third kappa shape index (κ3) is 5.40. The van der Waals surface area contributed by atoms with Crippen LogP contribution in [0.15, 0.2) is 78.4 Å². The minimum absolute atomic E-state index is 0.262. The molecule has 0 aliphatic heterocycles. The lowest BCUT2D eigenvalue weighted by Gasteiger charge is -2.06. The average molecular weight is 431 g/mol. The number of hydrogen-bond acceptors (Lipinski definition) is 6. The van der Waals surface area contributed by atoms with Crippen molar-refractivity contribution in [2.24, 2.45) is 0 Å². The number of carbonyl (C=O) groups is 2. The number of nitro groups is 1. The van der Waals surface area contributed by atoms with E-state index in [0.717, 1.165) is 18.2 Å². The van der Waals surface area contributed by atoms with Gasteiger partial charge in [0.2, 0.25) is 0 Å². The standard InChI is InChI=1S/C23H14FN3O5/c24-20-11-8-18(27(30)31)13-21(20)26-22(28)17(14-25)12-15-6-9-19(10-7-15)32-23(29)16-4-2-1-3-5-16/h1-13H,(H,26,28). The third-order valence-electron chi connectivity index (χ3n) is 4.19. The lowest BCUT2D eigenvalue weighted by Crippen LogP contribution is -2.14. The number of halogens is 1. The van der Waals surface area contributed by atoms with Crippen LogP contribution in [-0.2, 0) is 4.79 Å². The minimum atomic E-state index is -0.938. The summed E-state index contributed by atoms with van der Waals surface area (Å²) < 4.78 is 19.1. The van der Waals surface area contributed by atoms with E-state index in [4.69, 9.17) is 4.74 Å². The Balaban J connectivity index is 1.73. The van der Waals surface area contributed by atoms with E-state index in [1.54, 1.807) is 36.4 Å². The Labute approximate surface area is 181 Å². The van der Waals surface area contributed by atoms with Gasteiger partial charge in [0, 0.05) is 12.1 Å². The Bertz CT molecular complexity index is 1250. The summed E-state index contributed by atoms with van der Waals surface area (Å²) in [6, 6.07) is 18.8. The summed E-state index contributed by atoms with van der Waals surface area (Å²) in [6.07, 6.45) is 1.24. The van der Waals surface area contributed by atoms with Crippen LogP contribution in [0.5, 0.6) is 5.75 Å². The van der Waals surface area contributed by atoms with Crippen molar-refractivity contribution in [1.29, 1.82) is 5.26 Å². The van der Waals surface area contributed by atoms with Crippen LogP contribution in [0, 0.1) is 27.3 Å². The molecular weight excluding hydrogens is 417 g/mol. The number of nitrogens with zero attached hydrogens (tertiary/aromatic N) is 2. The Hall–Kier alpha value is -4.84. The normalized spacial score (nSPS) is 10.7. The molecule has 0 aliphatic rings. The van der Waals surface area contributed by atoms with Crippen molar-refractivity contribution < 1.29 is 23.6 Å². The number of non-ortho nitro benzene ring substituents is 1. The summed E-state index contributed by atoms with van der Waals surface area (Å²) in [5, 5.41) is 22.3. The summed E-state index contributed by atoms with van der Waals surface area (Å²) in [5.74, 6) is -2.10. The van der Waals surface area contributed by atoms with E-state index in [1.807, 2.05) is 0 Å². The summed E-state index contributed by atoms with van der Waals surface area (Å²) in [4.78, 5) is 34.5. The molecule has 9 heteroatoms. The van der Waals surface area contributed by atoms with Crippen molar-refractivity contribution in [3.63, 3.8) is 0 Å². The van der Waals surface area contributed by atoms with Crippen LogP contribution < -0.4 is 10.1 Å². The first-order chi connectivity index (χ1) is 15.4. The van der Waals surface area contributed by atoms with E-state index >= 15 is 0 Å². The molecule has 0 unspecified atom stereocenters. The second kappa shape index (κ2) is 9.77. The molecule has 158 valence electrons. The number of benzene rings is 3. The van der Waals surface area contributed by atoms with E-state index in [9.17, 15) is 29.4 Å². The number of nitro benzene ring substituents is 1. The van der Waals surface area contributed by atoms with Gasteiger partial charge < -0.3 is 10.1 Å². The van der Waals surface area contributed by atoms with Crippen molar-refractivity contribution in [3.8, 4) is 11.8 Å². The second-order valence-electron chi connectivity index (χ2n) is 6.37. The Kier molecular flexibility index (Phi) is 6.68. The van der Waals surface area contributed by atoms with Crippen molar-refractivity contribution in [3.05, 3.63) is 105 Å². The maximum absolute atomic E-state index is 13.9. The van der Waals surface area contributed by atoms with Crippen LogP contribution in [0.3, 0.4) is 0 Å². The zero-order valence-electron chi connectivity index (χ0n) is 16.3. The molecule has 0 saturated heterocycles. The third-order valence-corrected chi connectivity index (χ3v) is 4.19. The van der Waals surface area contributed by atoms with Gasteiger partial charge in [-0.25, -0.2) is 9.18 Å². The molecule has 0 aliphatic carbocycles. The molecule has 0 atom stereocenters. The SMILES string of the molecule is N#CC(=Cc1ccc(OC(=O)c2ccccc2)cc1)C(=O)Nc1cc([N+](=O)[O-])ccc1F. The van der Waals surface area contributed by atoms with Gasteiger partial charge in [-0.15, -0.1) is 0 Å². The topological polar surface area (TPSA) is 122 Å². The molecule has 0 radical (unpaired) electrons. The first-order valence-electron chi connectivity index (χ1n) is 9.12.